The lowest BCUT2D eigenvalue weighted by Crippen LogP contribution is -2.35. The fourth-order valence-electron chi connectivity index (χ4n) is 2.62. The molecule has 0 amide bonds. The Labute approximate surface area is 111 Å². The highest BCUT2D eigenvalue weighted by molar-refractivity contribution is 5.60. The highest BCUT2D eigenvalue weighted by atomic mass is 19.4. The average molecular weight is 272 g/mol. The summed E-state index contributed by atoms with van der Waals surface area (Å²) in [6, 6.07) is 4.65. The number of alkyl halides is 3. The predicted molar refractivity (Wildman–Crippen MR) is 70.5 cm³/mol. The topological polar surface area (TPSA) is 15.3 Å². The second kappa shape index (κ2) is 5.04. The summed E-state index contributed by atoms with van der Waals surface area (Å²) in [4.78, 5) is 2.09. The van der Waals surface area contributed by atoms with Gasteiger partial charge < -0.3 is 10.2 Å². The van der Waals surface area contributed by atoms with E-state index >= 15 is 0 Å². The third-order valence-corrected chi connectivity index (χ3v) is 3.91. The maximum atomic E-state index is 12.7. The summed E-state index contributed by atoms with van der Waals surface area (Å²) in [7, 11) is 3.85. The first kappa shape index (κ1) is 14.2. The van der Waals surface area contributed by atoms with E-state index in [1.54, 1.807) is 6.07 Å². The minimum Gasteiger partial charge on any atom is -0.371 e. The molecule has 5 heteroatoms. The third kappa shape index (κ3) is 2.86. The molecule has 1 aliphatic heterocycles. The number of hydrogen-bond acceptors (Lipinski definition) is 2. The lowest BCUT2D eigenvalue weighted by Gasteiger charge is -2.25. The van der Waals surface area contributed by atoms with E-state index in [4.69, 9.17) is 0 Å². The van der Waals surface area contributed by atoms with E-state index in [1.165, 1.54) is 12.1 Å². The zero-order valence-electron chi connectivity index (χ0n) is 11.4. The number of anilines is 1. The fourth-order valence-corrected chi connectivity index (χ4v) is 2.62. The fraction of sp³-hybridized carbons (Fsp3) is 0.571. The zero-order chi connectivity index (χ0) is 14.2. The summed E-state index contributed by atoms with van der Waals surface area (Å²) < 4.78 is 38.1. The van der Waals surface area contributed by atoms with Gasteiger partial charge in [0.15, 0.2) is 0 Å². The summed E-state index contributed by atoms with van der Waals surface area (Å²) in [6.07, 6.45) is -2.66. The largest absolute Gasteiger partial charge is 0.416 e. The van der Waals surface area contributed by atoms with Gasteiger partial charge in [0.25, 0.3) is 0 Å². The molecule has 0 bridgehead atoms. The van der Waals surface area contributed by atoms with Crippen LogP contribution >= 0.6 is 0 Å². The first-order valence-corrected chi connectivity index (χ1v) is 6.43. The number of likely N-dealkylation sites (N-methyl/N-ethyl adjacent to an activating group) is 1. The minimum atomic E-state index is -4.26. The molecular formula is C14H19F3N2. The molecule has 2 atom stereocenters. The van der Waals surface area contributed by atoms with Crippen LogP contribution in [0.2, 0.25) is 0 Å². The zero-order valence-corrected chi connectivity index (χ0v) is 11.4. The number of nitrogens with one attached hydrogen (secondary N) is 1. The van der Waals surface area contributed by atoms with E-state index in [2.05, 4.69) is 17.1 Å². The average Bonchev–Trinajstić information content (AvgIpc) is 2.64. The summed E-state index contributed by atoms with van der Waals surface area (Å²) in [5, 5.41) is 3.17. The first-order chi connectivity index (χ1) is 8.82. The lowest BCUT2D eigenvalue weighted by molar-refractivity contribution is -0.137. The van der Waals surface area contributed by atoms with Crippen molar-refractivity contribution < 1.29 is 13.2 Å². The Bertz CT molecular complexity index is 456. The standard InChI is InChI=1S/C14H19F3N2/c1-9(18-2)6-12-8-10-7-11(14(15,16)17)4-5-13(10)19(12)3/h4-5,7,9,12,18H,6,8H2,1-3H3. The highest BCUT2D eigenvalue weighted by Gasteiger charge is 2.34. The molecule has 0 fully saturated rings. The number of fused-ring (bicyclic) bond motifs is 1. The van der Waals surface area contributed by atoms with Crippen LogP contribution in [0.3, 0.4) is 0 Å². The molecule has 1 heterocycles. The monoisotopic (exact) mass is 272 g/mol. The van der Waals surface area contributed by atoms with Gasteiger partial charge in [0.05, 0.1) is 5.56 Å². The van der Waals surface area contributed by atoms with E-state index in [-0.39, 0.29) is 6.04 Å². The molecule has 0 spiro atoms. The Hall–Kier alpha value is -1.23. The van der Waals surface area contributed by atoms with Crippen molar-refractivity contribution in [2.45, 2.75) is 38.0 Å². The molecule has 1 aromatic carbocycles. The van der Waals surface area contributed by atoms with Crippen LogP contribution in [0, 0.1) is 0 Å². The van der Waals surface area contributed by atoms with Gasteiger partial charge in [-0.1, -0.05) is 0 Å². The van der Waals surface area contributed by atoms with Gasteiger partial charge in [-0.15, -0.1) is 0 Å². The molecule has 0 aliphatic carbocycles. The van der Waals surface area contributed by atoms with E-state index in [0.717, 1.165) is 17.7 Å². The van der Waals surface area contributed by atoms with Crippen molar-refractivity contribution in [1.29, 1.82) is 0 Å². The van der Waals surface area contributed by atoms with Gasteiger partial charge in [-0.2, -0.15) is 13.2 Å². The number of rotatable bonds is 3. The van der Waals surface area contributed by atoms with Gasteiger partial charge in [-0.05, 0) is 50.6 Å². The van der Waals surface area contributed by atoms with Crippen LogP contribution in [-0.4, -0.2) is 26.2 Å². The number of hydrogen-bond donors (Lipinski definition) is 1. The van der Waals surface area contributed by atoms with Gasteiger partial charge in [0, 0.05) is 24.8 Å². The molecule has 106 valence electrons. The Kier molecular flexibility index (Phi) is 3.76. The summed E-state index contributed by atoms with van der Waals surface area (Å²) in [5.74, 6) is 0. The Morgan fingerprint density at radius 1 is 1.42 bits per heavy atom. The molecule has 0 radical (unpaired) electrons. The molecule has 1 N–H and O–H groups in total. The van der Waals surface area contributed by atoms with Gasteiger partial charge in [0.2, 0.25) is 0 Å². The van der Waals surface area contributed by atoms with E-state index in [0.29, 0.717) is 12.5 Å². The number of benzene rings is 1. The van der Waals surface area contributed by atoms with Crippen molar-refractivity contribution >= 4 is 5.69 Å². The molecule has 2 rings (SSSR count). The lowest BCUT2D eigenvalue weighted by atomic mass is 10.0. The predicted octanol–water partition coefficient (Wildman–Crippen LogP) is 3.06. The SMILES string of the molecule is CNC(C)CC1Cc2cc(C(F)(F)F)ccc2N1C. The van der Waals surface area contributed by atoms with Crippen molar-refractivity contribution in [3.63, 3.8) is 0 Å². The van der Waals surface area contributed by atoms with Crippen LogP contribution in [0.5, 0.6) is 0 Å². The van der Waals surface area contributed by atoms with Crippen molar-refractivity contribution in [3.05, 3.63) is 29.3 Å². The van der Waals surface area contributed by atoms with Crippen molar-refractivity contribution in [1.82, 2.24) is 5.32 Å². The Morgan fingerprint density at radius 3 is 2.68 bits per heavy atom. The quantitative estimate of drug-likeness (QED) is 0.909. The van der Waals surface area contributed by atoms with Crippen LogP contribution in [-0.2, 0) is 12.6 Å². The maximum absolute atomic E-state index is 12.7. The van der Waals surface area contributed by atoms with Crippen LogP contribution in [0.25, 0.3) is 0 Å². The molecule has 1 aliphatic rings. The van der Waals surface area contributed by atoms with Crippen LogP contribution in [0.4, 0.5) is 18.9 Å². The normalized spacial score (nSPS) is 20.5. The number of nitrogens with zero attached hydrogens (tertiary/aromatic N) is 1. The van der Waals surface area contributed by atoms with Crippen LogP contribution < -0.4 is 10.2 Å². The highest BCUT2D eigenvalue weighted by Crippen LogP contribution is 2.37. The molecule has 0 aromatic heterocycles. The molecule has 2 unspecified atom stereocenters. The van der Waals surface area contributed by atoms with E-state index in [9.17, 15) is 13.2 Å². The first-order valence-electron chi connectivity index (χ1n) is 6.43. The molecule has 19 heavy (non-hydrogen) atoms. The summed E-state index contributed by atoms with van der Waals surface area (Å²) >= 11 is 0. The second-order valence-corrected chi connectivity index (χ2v) is 5.24. The number of halogens is 3. The Morgan fingerprint density at radius 2 is 2.11 bits per heavy atom. The molecule has 0 saturated carbocycles. The van der Waals surface area contributed by atoms with E-state index < -0.39 is 11.7 Å². The molecule has 1 aromatic rings. The summed E-state index contributed by atoms with van der Waals surface area (Å²) in [5.41, 5.74) is 1.16. The summed E-state index contributed by atoms with van der Waals surface area (Å²) in [6.45, 7) is 2.08. The maximum Gasteiger partial charge on any atom is 0.416 e. The van der Waals surface area contributed by atoms with Crippen molar-refractivity contribution in [3.8, 4) is 0 Å². The van der Waals surface area contributed by atoms with Gasteiger partial charge >= 0.3 is 6.18 Å². The molecule has 2 nitrogen and oxygen atoms in total. The minimum absolute atomic E-state index is 0.265. The third-order valence-electron chi connectivity index (χ3n) is 3.91. The Balaban J connectivity index is 2.21. The van der Waals surface area contributed by atoms with Gasteiger partial charge in [-0.3, -0.25) is 0 Å². The van der Waals surface area contributed by atoms with Crippen LogP contribution in [0.15, 0.2) is 18.2 Å². The smallest absolute Gasteiger partial charge is 0.371 e. The molecule has 0 saturated heterocycles. The van der Waals surface area contributed by atoms with Crippen molar-refractivity contribution in [2.24, 2.45) is 0 Å². The second-order valence-electron chi connectivity index (χ2n) is 5.24. The van der Waals surface area contributed by atoms with E-state index in [1.807, 2.05) is 14.1 Å². The molecular weight excluding hydrogens is 253 g/mol. The van der Waals surface area contributed by atoms with Gasteiger partial charge in [0.1, 0.15) is 0 Å². The van der Waals surface area contributed by atoms with Crippen LogP contribution in [0.1, 0.15) is 24.5 Å². The van der Waals surface area contributed by atoms with Gasteiger partial charge in [-0.25, -0.2) is 0 Å². The van der Waals surface area contributed by atoms with Crippen molar-refractivity contribution in [2.75, 3.05) is 19.0 Å².